The molecule has 1 aromatic carbocycles. The van der Waals surface area contributed by atoms with Crippen LogP contribution in [0.4, 0.5) is 0 Å². The Hall–Kier alpha value is -1.10. The zero-order chi connectivity index (χ0) is 15.4. The Morgan fingerprint density at radius 2 is 2.00 bits per heavy atom. The third-order valence-electron chi connectivity index (χ3n) is 4.34. The molecule has 21 heavy (non-hydrogen) atoms. The van der Waals surface area contributed by atoms with Gasteiger partial charge in [0.05, 0.1) is 6.04 Å². The Bertz CT molecular complexity index is 488. The number of nitrogens with zero attached hydrogens (tertiary/aromatic N) is 2. The van der Waals surface area contributed by atoms with E-state index < -0.39 is 0 Å². The van der Waals surface area contributed by atoms with Crippen molar-refractivity contribution in [2.75, 3.05) is 33.2 Å². The van der Waals surface area contributed by atoms with E-state index in [9.17, 15) is 4.79 Å². The summed E-state index contributed by atoms with van der Waals surface area (Å²) >= 11 is 6.06. The molecular weight excluding hydrogens is 286 g/mol. The van der Waals surface area contributed by atoms with E-state index in [4.69, 9.17) is 11.6 Å². The maximum absolute atomic E-state index is 12.6. The molecular formula is C16H24ClN3O. The standard InChI is InChI=1S/C16H24ClN3O/c1-12(14-5-4-6-15(17)11-14)19(3)13(2)16(21)20-9-7-18-8-10-20/h4-6,11-13,18H,7-10H2,1-3H3. The van der Waals surface area contributed by atoms with E-state index in [2.05, 4.69) is 23.2 Å². The van der Waals surface area contributed by atoms with Crippen molar-refractivity contribution in [2.45, 2.75) is 25.9 Å². The highest BCUT2D eigenvalue weighted by molar-refractivity contribution is 6.30. The quantitative estimate of drug-likeness (QED) is 0.926. The number of nitrogens with one attached hydrogen (secondary N) is 1. The lowest BCUT2D eigenvalue weighted by Gasteiger charge is -2.35. The van der Waals surface area contributed by atoms with Crippen LogP contribution in [-0.2, 0) is 4.79 Å². The van der Waals surface area contributed by atoms with Crippen molar-refractivity contribution in [3.05, 3.63) is 34.9 Å². The largest absolute Gasteiger partial charge is 0.339 e. The molecule has 1 fully saturated rings. The Kier molecular flexibility index (Phi) is 5.62. The molecule has 1 saturated heterocycles. The summed E-state index contributed by atoms with van der Waals surface area (Å²) in [5.41, 5.74) is 1.13. The monoisotopic (exact) mass is 309 g/mol. The zero-order valence-electron chi connectivity index (χ0n) is 13.0. The summed E-state index contributed by atoms with van der Waals surface area (Å²) in [6.45, 7) is 7.43. The van der Waals surface area contributed by atoms with Gasteiger partial charge >= 0.3 is 0 Å². The molecule has 1 heterocycles. The van der Waals surface area contributed by atoms with Crippen LogP contribution in [0.25, 0.3) is 0 Å². The van der Waals surface area contributed by atoms with Crippen molar-refractivity contribution in [2.24, 2.45) is 0 Å². The topological polar surface area (TPSA) is 35.6 Å². The lowest BCUT2D eigenvalue weighted by atomic mass is 10.1. The lowest BCUT2D eigenvalue weighted by Crippen LogP contribution is -2.52. The Morgan fingerprint density at radius 3 is 2.62 bits per heavy atom. The van der Waals surface area contributed by atoms with Gasteiger partial charge in [-0.3, -0.25) is 9.69 Å². The number of carbonyl (C=O) groups is 1. The van der Waals surface area contributed by atoms with Crippen LogP contribution in [-0.4, -0.2) is 55.0 Å². The molecule has 2 unspecified atom stereocenters. The van der Waals surface area contributed by atoms with Gasteiger partial charge in [-0.2, -0.15) is 0 Å². The second-order valence-electron chi connectivity index (χ2n) is 5.65. The average molecular weight is 310 g/mol. The van der Waals surface area contributed by atoms with E-state index in [1.54, 1.807) is 0 Å². The van der Waals surface area contributed by atoms with Gasteiger partial charge in [0.25, 0.3) is 0 Å². The number of hydrogen-bond donors (Lipinski definition) is 1. The summed E-state index contributed by atoms with van der Waals surface area (Å²) < 4.78 is 0. The molecule has 1 aromatic rings. The minimum Gasteiger partial charge on any atom is -0.339 e. The summed E-state index contributed by atoms with van der Waals surface area (Å²) in [6.07, 6.45) is 0. The molecule has 0 aromatic heterocycles. The van der Waals surface area contributed by atoms with Crippen LogP contribution >= 0.6 is 11.6 Å². The fraction of sp³-hybridized carbons (Fsp3) is 0.562. The van der Waals surface area contributed by atoms with Gasteiger partial charge in [-0.05, 0) is 38.6 Å². The molecule has 2 atom stereocenters. The molecule has 0 saturated carbocycles. The number of amides is 1. The summed E-state index contributed by atoms with van der Waals surface area (Å²) in [7, 11) is 2.00. The van der Waals surface area contributed by atoms with E-state index >= 15 is 0 Å². The second-order valence-corrected chi connectivity index (χ2v) is 6.08. The van der Waals surface area contributed by atoms with Crippen LogP contribution in [0.2, 0.25) is 5.02 Å². The van der Waals surface area contributed by atoms with Crippen molar-refractivity contribution in [3.63, 3.8) is 0 Å². The molecule has 1 aliphatic rings. The highest BCUT2D eigenvalue weighted by Crippen LogP contribution is 2.24. The van der Waals surface area contributed by atoms with E-state index in [1.807, 2.05) is 37.1 Å². The van der Waals surface area contributed by atoms with Crippen molar-refractivity contribution >= 4 is 17.5 Å². The van der Waals surface area contributed by atoms with Crippen molar-refractivity contribution in [3.8, 4) is 0 Å². The van der Waals surface area contributed by atoms with Crippen LogP contribution in [0.15, 0.2) is 24.3 Å². The SMILES string of the molecule is CC(C(=O)N1CCNCC1)N(C)C(C)c1cccc(Cl)c1. The van der Waals surface area contributed by atoms with Gasteiger partial charge < -0.3 is 10.2 Å². The molecule has 0 spiro atoms. The molecule has 2 rings (SSSR count). The van der Waals surface area contributed by atoms with Gasteiger partial charge in [-0.25, -0.2) is 0 Å². The maximum atomic E-state index is 12.6. The van der Waals surface area contributed by atoms with E-state index in [0.29, 0.717) is 0 Å². The number of halogens is 1. The summed E-state index contributed by atoms with van der Waals surface area (Å²) in [4.78, 5) is 16.6. The first-order chi connectivity index (χ1) is 10.0. The predicted molar refractivity (Wildman–Crippen MR) is 86.5 cm³/mol. The van der Waals surface area contributed by atoms with Crippen LogP contribution < -0.4 is 5.32 Å². The lowest BCUT2D eigenvalue weighted by molar-refractivity contribution is -0.137. The average Bonchev–Trinajstić information content (AvgIpc) is 2.53. The van der Waals surface area contributed by atoms with E-state index in [0.717, 1.165) is 36.8 Å². The number of carbonyl (C=O) groups excluding carboxylic acids is 1. The number of benzene rings is 1. The first-order valence-electron chi connectivity index (χ1n) is 7.47. The first kappa shape index (κ1) is 16.3. The summed E-state index contributed by atoms with van der Waals surface area (Å²) in [6, 6.07) is 7.83. The Labute approximate surface area is 132 Å². The fourth-order valence-electron chi connectivity index (χ4n) is 2.66. The number of likely N-dealkylation sites (N-methyl/N-ethyl adjacent to an activating group) is 1. The maximum Gasteiger partial charge on any atom is 0.239 e. The van der Waals surface area contributed by atoms with Crippen LogP contribution in [0.1, 0.15) is 25.5 Å². The van der Waals surface area contributed by atoms with Gasteiger partial charge in [-0.15, -0.1) is 0 Å². The summed E-state index contributed by atoms with van der Waals surface area (Å²) in [5.74, 6) is 0.202. The predicted octanol–water partition coefficient (Wildman–Crippen LogP) is 2.15. The van der Waals surface area contributed by atoms with E-state index in [1.165, 1.54) is 0 Å². The highest BCUT2D eigenvalue weighted by atomic mass is 35.5. The Balaban J connectivity index is 2.03. The van der Waals surface area contributed by atoms with Gasteiger partial charge in [0.1, 0.15) is 0 Å². The first-order valence-corrected chi connectivity index (χ1v) is 7.85. The van der Waals surface area contributed by atoms with Crippen LogP contribution in [0.5, 0.6) is 0 Å². The molecule has 1 N–H and O–H groups in total. The third-order valence-corrected chi connectivity index (χ3v) is 4.57. The number of hydrogen-bond acceptors (Lipinski definition) is 3. The fourth-order valence-corrected chi connectivity index (χ4v) is 2.86. The third kappa shape index (κ3) is 3.96. The van der Waals surface area contributed by atoms with Crippen LogP contribution in [0.3, 0.4) is 0 Å². The Morgan fingerprint density at radius 1 is 1.33 bits per heavy atom. The van der Waals surface area contributed by atoms with Crippen molar-refractivity contribution < 1.29 is 4.79 Å². The number of rotatable bonds is 4. The minimum absolute atomic E-state index is 0.142. The molecule has 0 aliphatic carbocycles. The number of piperazine rings is 1. The minimum atomic E-state index is -0.142. The molecule has 116 valence electrons. The van der Waals surface area contributed by atoms with Crippen molar-refractivity contribution in [1.29, 1.82) is 0 Å². The van der Waals surface area contributed by atoms with Gasteiger partial charge in [-0.1, -0.05) is 23.7 Å². The normalized spacial score (nSPS) is 18.6. The smallest absolute Gasteiger partial charge is 0.239 e. The van der Waals surface area contributed by atoms with Gasteiger partial charge in [0.2, 0.25) is 5.91 Å². The second kappa shape index (κ2) is 7.25. The molecule has 0 radical (unpaired) electrons. The highest BCUT2D eigenvalue weighted by Gasteiger charge is 2.27. The molecule has 0 bridgehead atoms. The van der Waals surface area contributed by atoms with Crippen LogP contribution in [0, 0.1) is 0 Å². The molecule has 1 amide bonds. The van der Waals surface area contributed by atoms with Crippen molar-refractivity contribution in [1.82, 2.24) is 15.1 Å². The zero-order valence-corrected chi connectivity index (χ0v) is 13.7. The van der Waals surface area contributed by atoms with Gasteiger partial charge in [0.15, 0.2) is 0 Å². The van der Waals surface area contributed by atoms with E-state index in [-0.39, 0.29) is 18.0 Å². The molecule has 4 nitrogen and oxygen atoms in total. The summed E-state index contributed by atoms with van der Waals surface area (Å²) in [5, 5.41) is 4.00. The van der Waals surface area contributed by atoms with Gasteiger partial charge in [0, 0.05) is 37.2 Å². The molecule has 1 aliphatic heterocycles. The molecule has 5 heteroatoms.